The van der Waals surface area contributed by atoms with Gasteiger partial charge in [0.1, 0.15) is 5.75 Å². The summed E-state index contributed by atoms with van der Waals surface area (Å²) in [4.78, 5) is 2.36. The zero-order valence-corrected chi connectivity index (χ0v) is 13.7. The number of ether oxygens (including phenoxy) is 3. The molecular formula is C15H25ClN2O3. The number of halogens is 1. The third-order valence-electron chi connectivity index (χ3n) is 3.72. The first-order valence-corrected chi connectivity index (χ1v) is 6.94. The van der Waals surface area contributed by atoms with Gasteiger partial charge in [-0.25, -0.2) is 0 Å². The van der Waals surface area contributed by atoms with Crippen LogP contribution in [0.25, 0.3) is 0 Å². The standard InChI is InChI=1S/C15H24N2O3.ClH/c1-18-13-8-15(20-3)14(19-2)7-11(13)9-17-6-4-5-12(16)10-17;/h7-8,12H,4-6,9-10,16H2,1-3H3;1H. The van der Waals surface area contributed by atoms with Gasteiger partial charge in [0.15, 0.2) is 11.5 Å². The van der Waals surface area contributed by atoms with E-state index in [0.717, 1.165) is 49.5 Å². The van der Waals surface area contributed by atoms with Gasteiger partial charge in [0.05, 0.1) is 21.3 Å². The molecule has 1 aliphatic heterocycles. The lowest BCUT2D eigenvalue weighted by Gasteiger charge is -2.31. The van der Waals surface area contributed by atoms with E-state index in [0.29, 0.717) is 5.75 Å². The predicted molar refractivity (Wildman–Crippen MR) is 85.8 cm³/mol. The summed E-state index contributed by atoms with van der Waals surface area (Å²) in [6.45, 7) is 2.82. The normalized spacial score (nSPS) is 18.8. The Bertz CT molecular complexity index is 457. The Morgan fingerprint density at radius 3 is 2.29 bits per heavy atom. The first-order chi connectivity index (χ1) is 9.67. The minimum absolute atomic E-state index is 0. The average Bonchev–Trinajstić information content (AvgIpc) is 2.46. The van der Waals surface area contributed by atoms with Gasteiger partial charge in [0.2, 0.25) is 0 Å². The van der Waals surface area contributed by atoms with Crippen molar-refractivity contribution < 1.29 is 14.2 Å². The van der Waals surface area contributed by atoms with E-state index in [1.165, 1.54) is 0 Å². The van der Waals surface area contributed by atoms with Crippen LogP contribution < -0.4 is 19.9 Å². The molecule has 21 heavy (non-hydrogen) atoms. The molecule has 6 heteroatoms. The van der Waals surface area contributed by atoms with Crippen LogP contribution in [0.4, 0.5) is 0 Å². The molecule has 0 bridgehead atoms. The molecule has 0 aliphatic carbocycles. The highest BCUT2D eigenvalue weighted by Gasteiger charge is 2.19. The fourth-order valence-corrected chi connectivity index (χ4v) is 2.69. The van der Waals surface area contributed by atoms with Crippen molar-refractivity contribution in [1.82, 2.24) is 4.90 Å². The number of benzene rings is 1. The molecule has 5 nitrogen and oxygen atoms in total. The molecule has 0 saturated carbocycles. The number of methoxy groups -OCH3 is 3. The first-order valence-electron chi connectivity index (χ1n) is 6.94. The molecule has 1 saturated heterocycles. The Morgan fingerprint density at radius 1 is 1.10 bits per heavy atom. The summed E-state index contributed by atoms with van der Waals surface area (Å²) < 4.78 is 16.1. The Labute approximate surface area is 132 Å². The Hall–Kier alpha value is -1.17. The van der Waals surface area contributed by atoms with Gasteiger partial charge in [0.25, 0.3) is 0 Å². The number of piperidine rings is 1. The van der Waals surface area contributed by atoms with Crippen LogP contribution in [0, 0.1) is 0 Å². The molecule has 1 aromatic rings. The highest BCUT2D eigenvalue weighted by Crippen LogP contribution is 2.35. The number of likely N-dealkylation sites (tertiary alicyclic amines) is 1. The van der Waals surface area contributed by atoms with Crippen LogP contribution in [0.2, 0.25) is 0 Å². The zero-order valence-electron chi connectivity index (χ0n) is 12.9. The van der Waals surface area contributed by atoms with Crippen LogP contribution >= 0.6 is 12.4 Å². The summed E-state index contributed by atoms with van der Waals surface area (Å²) in [5.74, 6) is 2.23. The van der Waals surface area contributed by atoms with Crippen LogP contribution in [0.3, 0.4) is 0 Å². The van der Waals surface area contributed by atoms with Crippen molar-refractivity contribution in [2.45, 2.75) is 25.4 Å². The second-order valence-corrected chi connectivity index (χ2v) is 5.16. The molecule has 120 valence electrons. The maximum absolute atomic E-state index is 6.03. The van der Waals surface area contributed by atoms with E-state index in [-0.39, 0.29) is 18.4 Å². The van der Waals surface area contributed by atoms with Crippen molar-refractivity contribution in [3.63, 3.8) is 0 Å². The number of nitrogens with zero attached hydrogens (tertiary/aromatic N) is 1. The van der Waals surface area contributed by atoms with Crippen molar-refractivity contribution in [2.24, 2.45) is 5.73 Å². The van der Waals surface area contributed by atoms with Crippen molar-refractivity contribution in [2.75, 3.05) is 34.4 Å². The SMILES string of the molecule is COc1cc(OC)c(OC)cc1CN1CCCC(N)C1.Cl. The lowest BCUT2D eigenvalue weighted by Crippen LogP contribution is -2.42. The molecule has 0 aromatic heterocycles. The number of hydrogen-bond acceptors (Lipinski definition) is 5. The van der Waals surface area contributed by atoms with Gasteiger partial charge in [-0.1, -0.05) is 0 Å². The number of hydrogen-bond donors (Lipinski definition) is 1. The second-order valence-electron chi connectivity index (χ2n) is 5.16. The molecule has 2 rings (SSSR count). The lowest BCUT2D eigenvalue weighted by molar-refractivity contribution is 0.199. The molecule has 0 radical (unpaired) electrons. The molecule has 1 aromatic carbocycles. The fraction of sp³-hybridized carbons (Fsp3) is 0.600. The zero-order chi connectivity index (χ0) is 14.5. The van der Waals surface area contributed by atoms with E-state index in [2.05, 4.69) is 4.90 Å². The van der Waals surface area contributed by atoms with E-state index >= 15 is 0 Å². The lowest BCUT2D eigenvalue weighted by atomic mass is 10.1. The molecule has 1 aliphatic rings. The largest absolute Gasteiger partial charge is 0.496 e. The third-order valence-corrected chi connectivity index (χ3v) is 3.72. The molecule has 0 amide bonds. The number of rotatable bonds is 5. The fourth-order valence-electron chi connectivity index (χ4n) is 2.69. The summed E-state index contributed by atoms with van der Waals surface area (Å²) in [5.41, 5.74) is 7.13. The monoisotopic (exact) mass is 316 g/mol. The van der Waals surface area contributed by atoms with E-state index in [9.17, 15) is 0 Å². The number of nitrogens with two attached hydrogens (primary N) is 1. The average molecular weight is 317 g/mol. The topological polar surface area (TPSA) is 57.0 Å². The maximum atomic E-state index is 6.03. The van der Waals surface area contributed by atoms with Crippen LogP contribution in [0.1, 0.15) is 18.4 Å². The summed E-state index contributed by atoms with van der Waals surface area (Å²) in [5, 5.41) is 0. The summed E-state index contributed by atoms with van der Waals surface area (Å²) >= 11 is 0. The van der Waals surface area contributed by atoms with Crippen LogP contribution in [0.15, 0.2) is 12.1 Å². The maximum Gasteiger partial charge on any atom is 0.164 e. The quantitative estimate of drug-likeness (QED) is 0.901. The van der Waals surface area contributed by atoms with Gasteiger partial charge in [0, 0.05) is 30.8 Å². The van der Waals surface area contributed by atoms with Crippen LogP contribution in [0.5, 0.6) is 17.2 Å². The van der Waals surface area contributed by atoms with Crippen molar-refractivity contribution in [3.05, 3.63) is 17.7 Å². The van der Waals surface area contributed by atoms with Gasteiger partial charge in [-0.15, -0.1) is 12.4 Å². The first kappa shape index (κ1) is 17.9. The van der Waals surface area contributed by atoms with E-state index in [1.54, 1.807) is 21.3 Å². The van der Waals surface area contributed by atoms with E-state index in [1.807, 2.05) is 12.1 Å². The van der Waals surface area contributed by atoms with Gasteiger partial charge < -0.3 is 19.9 Å². The minimum atomic E-state index is 0. The molecular weight excluding hydrogens is 292 g/mol. The molecule has 0 spiro atoms. The molecule has 1 atom stereocenters. The molecule has 1 unspecified atom stereocenters. The Balaban J connectivity index is 0.00000220. The highest BCUT2D eigenvalue weighted by atomic mass is 35.5. The molecule has 1 fully saturated rings. The smallest absolute Gasteiger partial charge is 0.164 e. The summed E-state index contributed by atoms with van der Waals surface area (Å²) in [6, 6.07) is 4.13. The van der Waals surface area contributed by atoms with Crippen molar-refractivity contribution in [3.8, 4) is 17.2 Å². The minimum Gasteiger partial charge on any atom is -0.496 e. The van der Waals surface area contributed by atoms with Crippen LogP contribution in [-0.2, 0) is 6.54 Å². The molecule has 1 heterocycles. The van der Waals surface area contributed by atoms with E-state index < -0.39 is 0 Å². The second kappa shape index (κ2) is 8.32. The van der Waals surface area contributed by atoms with Gasteiger partial charge in [-0.05, 0) is 25.5 Å². The molecule has 2 N–H and O–H groups in total. The van der Waals surface area contributed by atoms with E-state index in [4.69, 9.17) is 19.9 Å². The Kier molecular flexibility index (Phi) is 7.08. The highest BCUT2D eigenvalue weighted by molar-refractivity contribution is 5.85. The van der Waals surface area contributed by atoms with Crippen LogP contribution in [-0.4, -0.2) is 45.4 Å². The van der Waals surface area contributed by atoms with Gasteiger partial charge in [-0.3, -0.25) is 4.90 Å². The van der Waals surface area contributed by atoms with Crippen molar-refractivity contribution in [1.29, 1.82) is 0 Å². The third kappa shape index (κ3) is 4.40. The summed E-state index contributed by atoms with van der Waals surface area (Å²) in [6.07, 6.45) is 2.26. The van der Waals surface area contributed by atoms with Gasteiger partial charge in [-0.2, -0.15) is 0 Å². The summed E-state index contributed by atoms with van der Waals surface area (Å²) in [7, 11) is 4.94. The predicted octanol–water partition coefficient (Wildman–Crippen LogP) is 2.06. The Morgan fingerprint density at radius 2 is 1.71 bits per heavy atom. The van der Waals surface area contributed by atoms with Gasteiger partial charge >= 0.3 is 0 Å². The van der Waals surface area contributed by atoms with Crippen molar-refractivity contribution >= 4 is 12.4 Å².